The van der Waals surface area contributed by atoms with Gasteiger partial charge < -0.3 is 5.32 Å². The summed E-state index contributed by atoms with van der Waals surface area (Å²) in [6, 6.07) is 21.0. The molecule has 0 atom stereocenters. The van der Waals surface area contributed by atoms with Gasteiger partial charge in [-0.3, -0.25) is 14.2 Å². The lowest BCUT2D eigenvalue weighted by Gasteiger charge is -2.14. The van der Waals surface area contributed by atoms with E-state index in [9.17, 15) is 9.59 Å². The fourth-order valence-corrected chi connectivity index (χ4v) is 4.56. The number of thioether (sulfide) groups is 1. The lowest BCUT2D eigenvalue weighted by Crippen LogP contribution is -2.23. The van der Waals surface area contributed by atoms with Gasteiger partial charge in [0.2, 0.25) is 5.91 Å². The molecule has 1 heterocycles. The number of para-hydroxylation sites is 1. The summed E-state index contributed by atoms with van der Waals surface area (Å²) >= 11 is 3.44. The maximum absolute atomic E-state index is 13.4. The second kappa shape index (κ2) is 9.23. The van der Waals surface area contributed by atoms with Crippen molar-refractivity contribution >= 4 is 56.9 Å². The molecule has 0 radical (unpaired) electrons. The molecule has 0 aliphatic heterocycles. The minimum atomic E-state index is -0.146. The van der Waals surface area contributed by atoms with E-state index in [0.29, 0.717) is 16.1 Å². The van der Waals surface area contributed by atoms with Crippen LogP contribution in [0, 0.1) is 17.4 Å². The molecule has 0 unspecified atom stereocenters. The van der Waals surface area contributed by atoms with E-state index in [1.807, 2.05) is 80.6 Å². The van der Waals surface area contributed by atoms with Crippen molar-refractivity contribution in [3.05, 3.63) is 91.8 Å². The molecule has 0 spiro atoms. The molecular formula is C24H20IN3O2S. The second-order valence-corrected chi connectivity index (χ2v) is 9.38. The summed E-state index contributed by atoms with van der Waals surface area (Å²) in [6.45, 7) is 3.93. The molecule has 4 rings (SSSR count). The van der Waals surface area contributed by atoms with Gasteiger partial charge in [0.25, 0.3) is 5.56 Å². The van der Waals surface area contributed by atoms with Crippen LogP contribution in [-0.4, -0.2) is 21.2 Å². The Labute approximate surface area is 198 Å². The molecule has 1 N–H and O–H groups in total. The molecule has 1 amide bonds. The summed E-state index contributed by atoms with van der Waals surface area (Å²) in [7, 11) is 0. The highest BCUT2D eigenvalue weighted by Gasteiger charge is 2.16. The fourth-order valence-electron chi connectivity index (χ4n) is 3.26. The molecule has 0 aliphatic rings. The fraction of sp³-hybridized carbons (Fsp3) is 0.125. The van der Waals surface area contributed by atoms with Gasteiger partial charge in [0.15, 0.2) is 5.16 Å². The van der Waals surface area contributed by atoms with Gasteiger partial charge in [-0.15, -0.1) is 0 Å². The van der Waals surface area contributed by atoms with Crippen molar-refractivity contribution in [2.24, 2.45) is 0 Å². The number of aryl methyl sites for hydroxylation is 2. The number of anilines is 1. The third kappa shape index (κ3) is 4.83. The number of fused-ring (bicyclic) bond motifs is 1. The molecule has 0 saturated carbocycles. The van der Waals surface area contributed by atoms with Crippen LogP contribution in [0.2, 0.25) is 0 Å². The first-order chi connectivity index (χ1) is 14.9. The maximum atomic E-state index is 13.4. The number of carbonyl (C=O) groups excluding carboxylic acids is 1. The van der Waals surface area contributed by atoms with Gasteiger partial charge >= 0.3 is 0 Å². The maximum Gasteiger partial charge on any atom is 0.266 e. The van der Waals surface area contributed by atoms with E-state index in [-0.39, 0.29) is 17.2 Å². The number of halogens is 1. The predicted molar refractivity (Wildman–Crippen MR) is 135 cm³/mol. The van der Waals surface area contributed by atoms with Crippen LogP contribution < -0.4 is 10.9 Å². The van der Waals surface area contributed by atoms with Crippen LogP contribution in [0.4, 0.5) is 5.69 Å². The Hall–Kier alpha value is -2.65. The van der Waals surface area contributed by atoms with E-state index in [1.165, 1.54) is 11.8 Å². The molecule has 4 aromatic rings. The molecule has 5 nitrogen and oxygen atoms in total. The summed E-state index contributed by atoms with van der Waals surface area (Å²) in [6.07, 6.45) is 0. The van der Waals surface area contributed by atoms with E-state index in [4.69, 9.17) is 4.98 Å². The van der Waals surface area contributed by atoms with Crippen molar-refractivity contribution in [2.75, 3.05) is 11.1 Å². The molecule has 3 aromatic carbocycles. The van der Waals surface area contributed by atoms with Crippen molar-refractivity contribution in [2.45, 2.75) is 19.0 Å². The Balaban J connectivity index is 1.71. The summed E-state index contributed by atoms with van der Waals surface area (Å²) in [5.74, 6) is -0.00492. The SMILES string of the molecule is Cc1cccc(-n2c(SCC(=O)Nc3ccccc3C)nc3ccc(I)cc3c2=O)c1. The van der Waals surface area contributed by atoms with E-state index < -0.39 is 0 Å². The first-order valence-electron chi connectivity index (χ1n) is 9.70. The average molecular weight is 541 g/mol. The monoisotopic (exact) mass is 541 g/mol. The van der Waals surface area contributed by atoms with E-state index in [2.05, 4.69) is 27.9 Å². The zero-order chi connectivity index (χ0) is 22.0. The van der Waals surface area contributed by atoms with Crippen molar-refractivity contribution in [3.8, 4) is 5.69 Å². The normalized spacial score (nSPS) is 10.9. The summed E-state index contributed by atoms with van der Waals surface area (Å²) < 4.78 is 2.56. The zero-order valence-corrected chi connectivity index (χ0v) is 20.0. The Morgan fingerprint density at radius 1 is 1.06 bits per heavy atom. The third-order valence-electron chi connectivity index (χ3n) is 4.81. The Bertz CT molecular complexity index is 1350. The molecule has 31 heavy (non-hydrogen) atoms. The quantitative estimate of drug-likeness (QED) is 0.211. The van der Waals surface area contributed by atoms with Crippen LogP contribution in [0.15, 0.2) is 76.7 Å². The highest BCUT2D eigenvalue weighted by Crippen LogP contribution is 2.23. The summed E-state index contributed by atoms with van der Waals surface area (Å²) in [4.78, 5) is 30.7. The van der Waals surface area contributed by atoms with Crippen LogP contribution in [0.5, 0.6) is 0 Å². The number of carbonyl (C=O) groups is 1. The molecule has 0 aliphatic carbocycles. The van der Waals surface area contributed by atoms with Crippen molar-refractivity contribution in [1.82, 2.24) is 9.55 Å². The van der Waals surface area contributed by atoms with Crippen molar-refractivity contribution in [3.63, 3.8) is 0 Å². The van der Waals surface area contributed by atoms with Gasteiger partial charge in [-0.1, -0.05) is 42.1 Å². The van der Waals surface area contributed by atoms with Gasteiger partial charge in [-0.25, -0.2) is 4.98 Å². The Kier molecular flexibility index (Phi) is 6.43. The highest BCUT2D eigenvalue weighted by molar-refractivity contribution is 14.1. The topological polar surface area (TPSA) is 64.0 Å². The molecule has 1 aromatic heterocycles. The molecule has 7 heteroatoms. The Morgan fingerprint density at radius 2 is 1.87 bits per heavy atom. The van der Waals surface area contributed by atoms with Gasteiger partial charge in [-0.05, 0) is 84.0 Å². The molecule has 156 valence electrons. The number of nitrogens with zero attached hydrogens (tertiary/aromatic N) is 2. The van der Waals surface area contributed by atoms with Crippen LogP contribution in [0.25, 0.3) is 16.6 Å². The van der Waals surface area contributed by atoms with Gasteiger partial charge in [0, 0.05) is 9.26 Å². The number of benzene rings is 3. The van der Waals surface area contributed by atoms with Gasteiger partial charge in [0.05, 0.1) is 22.3 Å². The number of hydrogen-bond acceptors (Lipinski definition) is 4. The second-order valence-electron chi connectivity index (χ2n) is 7.19. The van der Waals surface area contributed by atoms with Crippen LogP contribution in [0.3, 0.4) is 0 Å². The standard InChI is InChI=1S/C24H20IN3O2S/c1-15-6-5-8-18(12-15)28-23(30)19-13-17(25)10-11-21(19)27-24(28)31-14-22(29)26-20-9-4-3-7-16(20)2/h3-13H,14H2,1-2H3,(H,26,29). The van der Waals surface area contributed by atoms with Crippen LogP contribution in [0.1, 0.15) is 11.1 Å². The van der Waals surface area contributed by atoms with Crippen LogP contribution in [-0.2, 0) is 4.79 Å². The number of amides is 1. The predicted octanol–water partition coefficient (Wildman–Crippen LogP) is 5.34. The number of aromatic nitrogens is 2. The molecule has 0 fully saturated rings. The highest BCUT2D eigenvalue weighted by atomic mass is 127. The van der Waals surface area contributed by atoms with Crippen LogP contribution >= 0.6 is 34.4 Å². The molecule has 0 saturated heterocycles. The lowest BCUT2D eigenvalue weighted by atomic mass is 10.2. The first kappa shape index (κ1) is 21.6. The molecule has 0 bridgehead atoms. The zero-order valence-electron chi connectivity index (χ0n) is 17.1. The Morgan fingerprint density at radius 3 is 2.65 bits per heavy atom. The molecular weight excluding hydrogens is 521 g/mol. The lowest BCUT2D eigenvalue weighted by molar-refractivity contribution is -0.113. The summed E-state index contributed by atoms with van der Waals surface area (Å²) in [5, 5.41) is 3.98. The minimum absolute atomic E-state index is 0.141. The summed E-state index contributed by atoms with van der Waals surface area (Å²) in [5.41, 5.74) is 4.04. The average Bonchev–Trinajstić information content (AvgIpc) is 2.74. The van der Waals surface area contributed by atoms with E-state index >= 15 is 0 Å². The van der Waals surface area contributed by atoms with Gasteiger partial charge in [-0.2, -0.15) is 0 Å². The van der Waals surface area contributed by atoms with Crippen molar-refractivity contribution < 1.29 is 4.79 Å². The number of nitrogens with one attached hydrogen (secondary N) is 1. The van der Waals surface area contributed by atoms with E-state index in [1.54, 1.807) is 4.57 Å². The third-order valence-corrected chi connectivity index (χ3v) is 6.42. The minimum Gasteiger partial charge on any atom is -0.325 e. The smallest absolute Gasteiger partial charge is 0.266 e. The van der Waals surface area contributed by atoms with Gasteiger partial charge in [0.1, 0.15) is 0 Å². The van der Waals surface area contributed by atoms with Crippen molar-refractivity contribution in [1.29, 1.82) is 0 Å². The first-order valence-corrected chi connectivity index (χ1v) is 11.8. The largest absolute Gasteiger partial charge is 0.325 e. The number of rotatable bonds is 5. The number of hydrogen-bond donors (Lipinski definition) is 1. The van der Waals surface area contributed by atoms with E-state index in [0.717, 1.165) is 26.1 Å².